The lowest BCUT2D eigenvalue weighted by atomic mass is 9.94. The van der Waals surface area contributed by atoms with Crippen LogP contribution < -0.4 is 10.6 Å². The van der Waals surface area contributed by atoms with E-state index in [1.807, 2.05) is 7.05 Å². The molecule has 0 saturated carbocycles. The summed E-state index contributed by atoms with van der Waals surface area (Å²) in [6, 6.07) is 10.6. The van der Waals surface area contributed by atoms with Crippen LogP contribution in [0.1, 0.15) is 61.2 Å². The first-order valence-electron chi connectivity index (χ1n) is 13.1. The molecule has 0 radical (unpaired) electrons. The number of aromatic carboxylic acids is 2. The molecule has 39 heavy (non-hydrogen) atoms. The molecule has 4 N–H and O–H groups in total. The summed E-state index contributed by atoms with van der Waals surface area (Å²) >= 11 is 0. The lowest BCUT2D eigenvalue weighted by Crippen LogP contribution is -2.44. The highest BCUT2D eigenvalue weighted by Gasteiger charge is 2.32. The van der Waals surface area contributed by atoms with Crippen LogP contribution in [0.4, 0.5) is 0 Å². The molecular formula is C28H40N2O7Si2. The molecule has 0 fully saturated rings. The molecule has 0 heterocycles. The number of carboxylic acids is 2. The van der Waals surface area contributed by atoms with Gasteiger partial charge >= 0.3 is 11.9 Å². The van der Waals surface area contributed by atoms with E-state index in [2.05, 4.69) is 36.8 Å². The number of Topliss-reactive ketones (excluding diaryl/α,β-unsaturated/α-hetero) is 1. The number of rotatable bonds is 15. The maximum Gasteiger partial charge on any atom is 0.336 e. The van der Waals surface area contributed by atoms with Crippen LogP contribution in [0, 0.1) is 0 Å². The summed E-state index contributed by atoms with van der Waals surface area (Å²) in [5.41, 5.74) is 0.774. The lowest BCUT2D eigenvalue weighted by Gasteiger charge is -2.34. The Labute approximate surface area is 232 Å². The van der Waals surface area contributed by atoms with Gasteiger partial charge in [0.05, 0.1) is 16.7 Å². The zero-order chi connectivity index (χ0) is 29.4. The van der Waals surface area contributed by atoms with Crippen molar-refractivity contribution in [3.8, 4) is 11.1 Å². The van der Waals surface area contributed by atoms with Crippen LogP contribution in [0.25, 0.3) is 11.1 Å². The van der Waals surface area contributed by atoms with Gasteiger partial charge in [-0.3, -0.25) is 9.59 Å². The lowest BCUT2D eigenvalue weighted by molar-refractivity contribution is 0.0683. The minimum atomic E-state index is -1.93. The van der Waals surface area contributed by atoms with Crippen molar-refractivity contribution >= 4 is 40.3 Å². The van der Waals surface area contributed by atoms with Gasteiger partial charge in [0, 0.05) is 12.1 Å². The Morgan fingerprint density at radius 1 is 0.744 bits per heavy atom. The molecule has 0 aliphatic heterocycles. The van der Waals surface area contributed by atoms with Crippen LogP contribution in [0.15, 0.2) is 36.4 Å². The third-order valence-electron chi connectivity index (χ3n) is 6.46. The van der Waals surface area contributed by atoms with Gasteiger partial charge in [-0.1, -0.05) is 12.1 Å². The highest BCUT2D eigenvalue weighted by Crippen LogP contribution is 2.27. The van der Waals surface area contributed by atoms with E-state index in [1.165, 1.54) is 43.3 Å². The highest BCUT2D eigenvalue weighted by molar-refractivity contribution is 6.84. The molecule has 0 saturated heterocycles. The van der Waals surface area contributed by atoms with E-state index in [4.69, 9.17) is 4.12 Å². The SMILES string of the molecule is CNCCC[Si](C)(C)O[Si](C)(C)CCCNC(=O)c1cc(-c2ccc(C(=O)O)c(C(C)=O)c2)ccc1C(=O)O. The molecule has 2 rings (SSSR count). The Morgan fingerprint density at radius 3 is 1.67 bits per heavy atom. The number of benzene rings is 2. The standard InChI is InChI=1S/C28H40N2O7Si2/c1-19(31)24-17-20(9-11-22(24)27(33)34)21-10-12-23(28(35)36)25(18-21)26(32)30-14-8-16-39(5,6)37-38(3,4)15-7-13-29-2/h9-12,17-18,29H,7-8,13-16H2,1-6H3,(H,30,32)(H,33,34)(H,35,36). The predicted octanol–water partition coefficient (Wildman–Crippen LogP) is 5.11. The van der Waals surface area contributed by atoms with Gasteiger partial charge in [0.25, 0.3) is 5.91 Å². The van der Waals surface area contributed by atoms with Crippen LogP contribution in [0.2, 0.25) is 38.3 Å². The van der Waals surface area contributed by atoms with Gasteiger partial charge in [0.2, 0.25) is 0 Å². The van der Waals surface area contributed by atoms with Gasteiger partial charge in [-0.2, -0.15) is 0 Å². The van der Waals surface area contributed by atoms with Crippen molar-refractivity contribution in [2.45, 2.75) is 58.0 Å². The molecule has 2 aromatic carbocycles. The van der Waals surface area contributed by atoms with Gasteiger partial charge in [-0.15, -0.1) is 0 Å². The normalized spacial score (nSPS) is 11.7. The first kappa shape index (κ1) is 32.1. The van der Waals surface area contributed by atoms with Gasteiger partial charge < -0.3 is 25.0 Å². The average molecular weight is 573 g/mol. The fourth-order valence-electron chi connectivity index (χ4n) is 4.65. The first-order chi connectivity index (χ1) is 18.2. The summed E-state index contributed by atoms with van der Waals surface area (Å²) in [6.07, 6.45) is 1.80. The average Bonchev–Trinajstić information content (AvgIpc) is 2.85. The van der Waals surface area contributed by atoms with Crippen molar-refractivity contribution in [1.29, 1.82) is 0 Å². The van der Waals surface area contributed by atoms with E-state index in [9.17, 15) is 29.4 Å². The van der Waals surface area contributed by atoms with E-state index in [0.717, 1.165) is 25.1 Å². The molecule has 0 aliphatic rings. The van der Waals surface area contributed by atoms with E-state index < -0.39 is 40.3 Å². The maximum absolute atomic E-state index is 13.0. The fourth-order valence-corrected chi connectivity index (χ4v) is 13.5. The van der Waals surface area contributed by atoms with Gasteiger partial charge in [0.15, 0.2) is 22.4 Å². The summed E-state index contributed by atoms with van der Waals surface area (Å²) < 4.78 is 6.63. The predicted molar refractivity (Wildman–Crippen MR) is 157 cm³/mol. The number of carbonyl (C=O) groups excluding carboxylic acids is 2. The first-order valence-corrected chi connectivity index (χ1v) is 19.3. The fraction of sp³-hybridized carbons (Fsp3) is 0.429. The van der Waals surface area contributed by atoms with E-state index >= 15 is 0 Å². The van der Waals surface area contributed by atoms with Crippen LogP contribution >= 0.6 is 0 Å². The van der Waals surface area contributed by atoms with Crippen molar-refractivity contribution in [2.24, 2.45) is 0 Å². The van der Waals surface area contributed by atoms with Gasteiger partial charge in [-0.25, -0.2) is 9.59 Å². The van der Waals surface area contributed by atoms with Crippen LogP contribution in [0.3, 0.4) is 0 Å². The molecule has 212 valence electrons. The van der Waals surface area contributed by atoms with E-state index in [0.29, 0.717) is 24.1 Å². The second-order valence-electron chi connectivity index (χ2n) is 10.9. The number of hydrogen-bond donors (Lipinski definition) is 4. The van der Waals surface area contributed by atoms with Crippen molar-refractivity contribution in [2.75, 3.05) is 20.1 Å². The molecule has 0 spiro atoms. The molecule has 0 unspecified atom stereocenters. The largest absolute Gasteiger partial charge is 0.478 e. The second kappa shape index (κ2) is 13.8. The van der Waals surface area contributed by atoms with Crippen LogP contribution in [-0.2, 0) is 4.12 Å². The quantitative estimate of drug-likeness (QED) is 0.131. The minimum Gasteiger partial charge on any atom is -0.478 e. The van der Waals surface area contributed by atoms with E-state index in [-0.39, 0.29) is 22.3 Å². The number of amides is 1. The summed E-state index contributed by atoms with van der Waals surface area (Å²) in [5, 5.41) is 25.0. The third kappa shape index (κ3) is 9.53. The van der Waals surface area contributed by atoms with Crippen molar-refractivity contribution in [3.05, 3.63) is 58.7 Å². The Morgan fingerprint density at radius 2 is 1.21 bits per heavy atom. The zero-order valence-corrected chi connectivity index (χ0v) is 25.6. The summed E-state index contributed by atoms with van der Waals surface area (Å²) in [6.45, 7) is 11.5. The molecule has 11 heteroatoms. The molecule has 0 atom stereocenters. The molecule has 0 aromatic heterocycles. The topological polar surface area (TPSA) is 142 Å². The molecular weight excluding hydrogens is 532 g/mol. The summed E-state index contributed by atoms with van der Waals surface area (Å²) in [5.74, 6) is -3.37. The van der Waals surface area contributed by atoms with Crippen LogP contribution in [0.5, 0.6) is 0 Å². The Bertz CT molecular complexity index is 1230. The minimum absolute atomic E-state index is 0.00230. The smallest absolute Gasteiger partial charge is 0.336 e. The summed E-state index contributed by atoms with van der Waals surface area (Å²) in [7, 11) is -1.76. The van der Waals surface area contributed by atoms with Gasteiger partial charge in [0.1, 0.15) is 0 Å². The molecule has 1 amide bonds. The molecule has 2 aromatic rings. The number of carboxylic acid groups (broad SMARTS) is 2. The van der Waals surface area contributed by atoms with Gasteiger partial charge in [-0.05, 0) is 107 Å². The van der Waals surface area contributed by atoms with E-state index in [1.54, 1.807) is 0 Å². The Hall–Kier alpha value is -3.13. The van der Waals surface area contributed by atoms with Crippen molar-refractivity contribution < 1.29 is 33.5 Å². The number of hydrogen-bond acceptors (Lipinski definition) is 6. The second-order valence-corrected chi connectivity index (χ2v) is 19.7. The Kier molecular flexibility index (Phi) is 11.3. The number of nitrogens with one attached hydrogen (secondary N) is 2. The third-order valence-corrected chi connectivity index (χ3v) is 14.0. The maximum atomic E-state index is 13.0. The van der Waals surface area contributed by atoms with Crippen LogP contribution in [-0.4, -0.2) is 70.6 Å². The monoisotopic (exact) mass is 572 g/mol. The summed E-state index contributed by atoms with van der Waals surface area (Å²) in [4.78, 5) is 48.4. The number of carbonyl (C=O) groups is 4. The zero-order valence-electron chi connectivity index (χ0n) is 23.6. The van der Waals surface area contributed by atoms with Crippen molar-refractivity contribution in [3.63, 3.8) is 0 Å². The number of ketones is 1. The highest BCUT2D eigenvalue weighted by atomic mass is 28.4. The molecule has 0 bridgehead atoms. The molecule has 0 aliphatic carbocycles. The van der Waals surface area contributed by atoms with Crippen molar-refractivity contribution in [1.82, 2.24) is 10.6 Å². The Balaban J connectivity index is 2.14. The molecule has 9 nitrogen and oxygen atoms in total.